The van der Waals surface area contributed by atoms with E-state index in [2.05, 4.69) is 55.3 Å². The van der Waals surface area contributed by atoms with E-state index in [1.54, 1.807) is 23.1 Å². The number of piperidine rings is 1. The normalized spacial score (nSPS) is 20.4. The fourth-order valence-corrected chi connectivity index (χ4v) is 5.61. The molecule has 2 aromatic heterocycles. The summed E-state index contributed by atoms with van der Waals surface area (Å²) in [7, 11) is 2.21. The Morgan fingerprint density at radius 1 is 1.30 bits per heavy atom. The summed E-state index contributed by atoms with van der Waals surface area (Å²) in [6.07, 6.45) is 2.52. The Labute approximate surface area is 186 Å². The second kappa shape index (κ2) is 11.5. The summed E-state index contributed by atoms with van der Waals surface area (Å²) < 4.78 is 1.23. The second-order valence-electron chi connectivity index (χ2n) is 7.62. The minimum Gasteiger partial charge on any atom is -0.483 e. The molecule has 8 nitrogen and oxygen atoms in total. The topological polar surface area (TPSA) is 98.8 Å². The molecule has 30 heavy (non-hydrogen) atoms. The van der Waals surface area contributed by atoms with Crippen LogP contribution >= 0.6 is 23.1 Å². The number of thiophene rings is 1. The molecule has 164 valence electrons. The first kappa shape index (κ1) is 22.8. The Morgan fingerprint density at radius 3 is 2.77 bits per heavy atom. The molecule has 0 saturated carbocycles. The Morgan fingerprint density at radius 2 is 2.07 bits per heavy atom. The van der Waals surface area contributed by atoms with Gasteiger partial charge in [-0.05, 0) is 37.3 Å². The summed E-state index contributed by atoms with van der Waals surface area (Å²) in [5, 5.41) is 9.91. The summed E-state index contributed by atoms with van der Waals surface area (Å²) >= 11 is 3.39. The van der Waals surface area contributed by atoms with Gasteiger partial charge in [-0.1, -0.05) is 17.8 Å². The summed E-state index contributed by atoms with van der Waals surface area (Å²) in [6.45, 7) is 7.81. The average molecular weight is 451 g/mol. The van der Waals surface area contributed by atoms with Crippen molar-refractivity contribution in [3.05, 3.63) is 23.6 Å². The van der Waals surface area contributed by atoms with E-state index >= 15 is 0 Å². The molecule has 4 heterocycles. The van der Waals surface area contributed by atoms with Gasteiger partial charge in [0.2, 0.25) is 5.95 Å². The van der Waals surface area contributed by atoms with Crippen molar-refractivity contribution in [1.82, 2.24) is 19.8 Å². The van der Waals surface area contributed by atoms with Crippen molar-refractivity contribution < 1.29 is 9.90 Å². The lowest BCUT2D eigenvalue weighted by molar-refractivity contribution is -0.122. The van der Waals surface area contributed by atoms with Gasteiger partial charge in [-0.25, -0.2) is 4.98 Å². The largest absolute Gasteiger partial charge is 0.483 e. The average Bonchev–Trinajstić information content (AvgIpc) is 3.23. The predicted octanol–water partition coefficient (Wildman–Crippen LogP) is 2.44. The molecule has 3 N–H and O–H groups in total. The van der Waals surface area contributed by atoms with Crippen molar-refractivity contribution >= 4 is 41.3 Å². The van der Waals surface area contributed by atoms with Crippen molar-refractivity contribution in [2.24, 2.45) is 5.92 Å². The van der Waals surface area contributed by atoms with Gasteiger partial charge in [0.25, 0.3) is 6.47 Å². The monoisotopic (exact) mass is 450 g/mol. The van der Waals surface area contributed by atoms with Gasteiger partial charge < -0.3 is 25.5 Å². The van der Waals surface area contributed by atoms with Gasteiger partial charge in [0.05, 0.1) is 4.21 Å². The molecule has 2 aliphatic heterocycles. The molecule has 1 atom stereocenters. The van der Waals surface area contributed by atoms with E-state index < -0.39 is 0 Å². The lowest BCUT2D eigenvalue weighted by Gasteiger charge is -2.39. The van der Waals surface area contributed by atoms with Gasteiger partial charge in [0, 0.05) is 51.9 Å². The molecule has 2 fully saturated rings. The summed E-state index contributed by atoms with van der Waals surface area (Å²) in [5.74, 6) is 2.05. The number of carboxylic acid groups (broad SMARTS) is 1. The molecule has 4 rings (SSSR count). The van der Waals surface area contributed by atoms with Crippen molar-refractivity contribution in [3.8, 4) is 0 Å². The molecule has 2 aromatic rings. The molecule has 2 aliphatic rings. The van der Waals surface area contributed by atoms with Gasteiger partial charge >= 0.3 is 0 Å². The predicted molar refractivity (Wildman–Crippen MR) is 122 cm³/mol. The number of likely N-dealkylation sites (N-methyl/N-ethyl adjacent to an activating group) is 1. The highest BCUT2D eigenvalue weighted by Crippen LogP contribution is 2.32. The number of hydrogen-bond acceptors (Lipinski definition) is 9. The number of carbonyl (C=O) groups is 1. The Kier molecular flexibility index (Phi) is 8.74. The van der Waals surface area contributed by atoms with E-state index in [-0.39, 0.29) is 6.47 Å². The molecule has 0 bridgehead atoms. The molecular formula is C20H30N6O2S2. The number of nitrogens with zero attached hydrogens (tertiary/aromatic N) is 5. The molecule has 1 unspecified atom stereocenters. The smallest absolute Gasteiger partial charge is 0.290 e. The number of aromatic nitrogens is 2. The van der Waals surface area contributed by atoms with Crippen LogP contribution in [0.25, 0.3) is 0 Å². The van der Waals surface area contributed by atoms with Crippen LogP contribution < -0.4 is 10.6 Å². The van der Waals surface area contributed by atoms with Crippen molar-refractivity contribution in [2.75, 3.05) is 63.5 Å². The van der Waals surface area contributed by atoms with Crippen molar-refractivity contribution in [3.63, 3.8) is 0 Å². The standard InChI is InChI=1S/C19H28N6S2.CH2O2/c1-23-7-9-24(10-8-23)13-15-4-2-6-25(14-15)16-12-17(22-19(20)21-16)27-18-5-3-11-26-18;2-1-3/h3,5,11-12,15H,2,4,6-10,13-14H2,1H3,(H2,20,21,22);1H,(H,2,3). The third kappa shape index (κ3) is 6.83. The van der Waals surface area contributed by atoms with Crippen LogP contribution in [0.5, 0.6) is 0 Å². The molecule has 10 heteroatoms. The van der Waals surface area contributed by atoms with Gasteiger partial charge in [0.1, 0.15) is 10.8 Å². The van der Waals surface area contributed by atoms with Crippen LogP contribution in [0.4, 0.5) is 11.8 Å². The minimum absolute atomic E-state index is 0.250. The zero-order chi connectivity index (χ0) is 21.3. The Bertz CT molecular complexity index is 784. The SMILES string of the molecule is CN1CCN(CC2CCCN(c3cc(Sc4cccs4)nc(N)n3)C2)CC1.O=CO. The fraction of sp³-hybridized carbons (Fsp3) is 0.550. The quantitative estimate of drug-likeness (QED) is 0.525. The van der Waals surface area contributed by atoms with Crippen LogP contribution in [-0.4, -0.2) is 84.2 Å². The van der Waals surface area contributed by atoms with Gasteiger partial charge in [-0.2, -0.15) is 4.98 Å². The summed E-state index contributed by atoms with van der Waals surface area (Å²) in [4.78, 5) is 24.8. The molecule has 0 spiro atoms. The highest BCUT2D eigenvalue weighted by atomic mass is 32.2. The Hall–Kier alpha value is -1.88. The number of nitrogens with two attached hydrogens (primary N) is 1. The van der Waals surface area contributed by atoms with Gasteiger partial charge in [-0.3, -0.25) is 4.79 Å². The third-order valence-corrected chi connectivity index (χ3v) is 7.32. The molecule has 0 aliphatic carbocycles. The highest BCUT2D eigenvalue weighted by Gasteiger charge is 2.25. The van der Waals surface area contributed by atoms with Crippen LogP contribution in [0.3, 0.4) is 0 Å². The first-order valence-corrected chi connectivity index (χ1v) is 11.9. The maximum atomic E-state index is 8.36. The number of rotatable bonds is 5. The molecule has 0 amide bonds. The first-order chi connectivity index (χ1) is 14.6. The lowest BCUT2D eigenvalue weighted by Crippen LogP contribution is -2.48. The van der Waals surface area contributed by atoms with Crippen LogP contribution in [0.1, 0.15) is 12.8 Å². The van der Waals surface area contributed by atoms with E-state index in [0.29, 0.717) is 11.9 Å². The number of hydrogen-bond donors (Lipinski definition) is 2. The van der Waals surface area contributed by atoms with Crippen LogP contribution in [0.15, 0.2) is 32.8 Å². The van der Waals surface area contributed by atoms with E-state index in [9.17, 15) is 0 Å². The van der Waals surface area contributed by atoms with Gasteiger partial charge in [0.15, 0.2) is 0 Å². The second-order valence-corrected chi connectivity index (χ2v) is 9.89. The van der Waals surface area contributed by atoms with Crippen molar-refractivity contribution in [1.29, 1.82) is 0 Å². The number of anilines is 2. The molecular weight excluding hydrogens is 420 g/mol. The lowest BCUT2D eigenvalue weighted by atomic mass is 9.97. The maximum absolute atomic E-state index is 8.36. The third-order valence-electron chi connectivity index (χ3n) is 5.36. The molecule has 0 radical (unpaired) electrons. The van der Waals surface area contributed by atoms with E-state index in [0.717, 1.165) is 23.9 Å². The zero-order valence-corrected chi connectivity index (χ0v) is 18.9. The first-order valence-electron chi connectivity index (χ1n) is 10.2. The molecule has 2 saturated heterocycles. The summed E-state index contributed by atoms with van der Waals surface area (Å²) in [6, 6.07) is 6.27. The van der Waals surface area contributed by atoms with Crippen LogP contribution in [-0.2, 0) is 4.79 Å². The number of piperazine rings is 1. The van der Waals surface area contributed by atoms with E-state index in [1.165, 1.54) is 49.8 Å². The van der Waals surface area contributed by atoms with Crippen LogP contribution in [0, 0.1) is 5.92 Å². The fourth-order valence-electron chi connectivity index (χ4n) is 3.89. The molecule has 0 aromatic carbocycles. The number of nitrogen functional groups attached to an aromatic ring is 1. The highest BCUT2D eigenvalue weighted by molar-refractivity contribution is 8.01. The van der Waals surface area contributed by atoms with E-state index in [4.69, 9.17) is 15.6 Å². The summed E-state index contributed by atoms with van der Waals surface area (Å²) in [5.41, 5.74) is 6.02. The Balaban J connectivity index is 0.000000806. The van der Waals surface area contributed by atoms with Crippen LogP contribution in [0.2, 0.25) is 0 Å². The maximum Gasteiger partial charge on any atom is 0.290 e. The van der Waals surface area contributed by atoms with Gasteiger partial charge in [-0.15, -0.1) is 11.3 Å². The van der Waals surface area contributed by atoms with Crippen molar-refractivity contribution in [2.45, 2.75) is 22.1 Å². The minimum atomic E-state index is -0.250. The zero-order valence-electron chi connectivity index (χ0n) is 17.3. The van der Waals surface area contributed by atoms with E-state index in [1.807, 2.05) is 0 Å².